The Morgan fingerprint density at radius 3 is 2.71 bits per heavy atom. The van der Waals surface area contributed by atoms with E-state index in [-0.39, 0.29) is 29.6 Å². The molecule has 0 radical (unpaired) electrons. The van der Waals surface area contributed by atoms with Gasteiger partial charge >= 0.3 is 0 Å². The Balaban J connectivity index is 1.97. The zero-order valence-electron chi connectivity index (χ0n) is 17.9. The van der Waals surface area contributed by atoms with Crippen molar-refractivity contribution in [2.45, 2.75) is 24.8 Å². The molecule has 0 bridgehead atoms. The molecule has 10 nitrogen and oxygen atoms in total. The molecule has 0 aliphatic carbocycles. The summed E-state index contributed by atoms with van der Waals surface area (Å²) in [6.45, 7) is 2.95. The third-order valence-corrected chi connectivity index (χ3v) is 6.75. The minimum atomic E-state index is -3.97. The Hall–Kier alpha value is -2.76. The fraction of sp³-hybridized carbons (Fsp3) is 0.450. The number of imidazole rings is 1. The van der Waals surface area contributed by atoms with Crippen molar-refractivity contribution in [2.75, 3.05) is 40.4 Å². The minimum absolute atomic E-state index is 0.0568. The molecule has 0 saturated heterocycles. The van der Waals surface area contributed by atoms with E-state index in [9.17, 15) is 18.0 Å². The summed E-state index contributed by atoms with van der Waals surface area (Å²) < 4.78 is 34.6. The molecule has 0 spiro atoms. The van der Waals surface area contributed by atoms with Gasteiger partial charge in [0, 0.05) is 33.9 Å². The number of sulfonamides is 1. The van der Waals surface area contributed by atoms with Gasteiger partial charge in [0.25, 0.3) is 5.91 Å². The Labute approximate surface area is 181 Å². The maximum atomic E-state index is 13.3. The number of para-hydroxylation sites is 1. The average molecular weight is 450 g/mol. The smallest absolute Gasteiger partial charge is 0.271 e. The van der Waals surface area contributed by atoms with Crippen LogP contribution >= 0.6 is 0 Å². The van der Waals surface area contributed by atoms with Gasteiger partial charge in [-0.2, -0.15) is 4.31 Å². The predicted molar refractivity (Wildman–Crippen MR) is 113 cm³/mol. The van der Waals surface area contributed by atoms with Gasteiger partial charge in [0.1, 0.15) is 11.2 Å². The molecule has 0 atom stereocenters. The molecule has 1 aliphatic heterocycles. The van der Waals surface area contributed by atoms with Gasteiger partial charge in [-0.15, -0.1) is 0 Å². The molecule has 2 aromatic rings. The number of benzene rings is 1. The molecule has 1 aromatic heterocycles. The first-order chi connectivity index (χ1) is 14.8. The molecule has 0 saturated carbocycles. The van der Waals surface area contributed by atoms with Gasteiger partial charge in [-0.05, 0) is 25.5 Å². The average Bonchev–Trinajstić information content (AvgIpc) is 3.12. The summed E-state index contributed by atoms with van der Waals surface area (Å²) >= 11 is 0. The number of likely N-dealkylation sites (N-methyl/N-ethyl adjacent to an activating group) is 1. The molecule has 11 heteroatoms. The number of carbonyl (C=O) groups is 2. The van der Waals surface area contributed by atoms with Crippen LogP contribution in [-0.2, 0) is 26.1 Å². The van der Waals surface area contributed by atoms with Crippen LogP contribution in [0.15, 0.2) is 35.5 Å². The van der Waals surface area contributed by atoms with E-state index >= 15 is 0 Å². The summed E-state index contributed by atoms with van der Waals surface area (Å²) in [5, 5.41) is 2.80. The van der Waals surface area contributed by atoms with Crippen molar-refractivity contribution in [3.05, 3.63) is 42.0 Å². The lowest BCUT2D eigenvalue weighted by molar-refractivity contribution is -0.128. The van der Waals surface area contributed by atoms with E-state index in [1.807, 2.05) is 6.92 Å². The highest BCUT2D eigenvalue weighted by atomic mass is 32.2. The summed E-state index contributed by atoms with van der Waals surface area (Å²) in [7, 11) is -0.843. The largest absolute Gasteiger partial charge is 0.382 e. The summed E-state index contributed by atoms with van der Waals surface area (Å²) in [5.41, 5.74) is 0.924. The van der Waals surface area contributed by atoms with Gasteiger partial charge in [0.2, 0.25) is 15.9 Å². The zero-order chi connectivity index (χ0) is 22.6. The van der Waals surface area contributed by atoms with Crippen molar-refractivity contribution < 1.29 is 22.7 Å². The maximum absolute atomic E-state index is 13.3. The van der Waals surface area contributed by atoms with E-state index in [0.717, 1.165) is 4.31 Å². The zero-order valence-corrected chi connectivity index (χ0v) is 18.7. The molecule has 2 amide bonds. The molecule has 31 heavy (non-hydrogen) atoms. The van der Waals surface area contributed by atoms with Gasteiger partial charge in [-0.1, -0.05) is 12.1 Å². The standard InChI is InChI=1S/C20H27N5O5S/c1-4-30-11-7-10-21-20(27)19-16-12-24(13-18(26)23(2)3)31(28,29)17-9-6-5-8-15(17)25(16)14-22-19/h5-6,8-9,14H,4,7,10-13H2,1-3H3,(H,21,27). The number of ether oxygens (including phenoxy) is 1. The molecule has 168 valence electrons. The molecule has 1 aromatic carbocycles. The van der Waals surface area contributed by atoms with Crippen LogP contribution in [0.1, 0.15) is 29.5 Å². The van der Waals surface area contributed by atoms with Crippen molar-refractivity contribution in [1.82, 2.24) is 24.1 Å². The number of hydrogen-bond donors (Lipinski definition) is 1. The van der Waals surface area contributed by atoms with Crippen LogP contribution in [0.4, 0.5) is 0 Å². The Bertz CT molecular complexity index is 1060. The van der Waals surface area contributed by atoms with Crippen LogP contribution in [0.5, 0.6) is 0 Å². The highest BCUT2D eigenvalue weighted by molar-refractivity contribution is 7.89. The number of amides is 2. The van der Waals surface area contributed by atoms with Crippen LogP contribution < -0.4 is 5.32 Å². The van der Waals surface area contributed by atoms with Gasteiger partial charge in [0.05, 0.1) is 24.5 Å². The number of nitrogens with one attached hydrogen (secondary N) is 1. The molecule has 3 rings (SSSR count). The summed E-state index contributed by atoms with van der Waals surface area (Å²) in [5.74, 6) is -0.767. The van der Waals surface area contributed by atoms with Crippen molar-refractivity contribution in [1.29, 1.82) is 0 Å². The van der Waals surface area contributed by atoms with Gasteiger partial charge in [0.15, 0.2) is 5.69 Å². The molecular weight excluding hydrogens is 422 g/mol. The van der Waals surface area contributed by atoms with E-state index in [4.69, 9.17) is 4.74 Å². The lowest BCUT2D eigenvalue weighted by Gasteiger charge is -2.21. The van der Waals surface area contributed by atoms with Crippen molar-refractivity contribution >= 4 is 21.8 Å². The van der Waals surface area contributed by atoms with Crippen LogP contribution in [0.3, 0.4) is 0 Å². The first-order valence-corrected chi connectivity index (χ1v) is 11.4. The van der Waals surface area contributed by atoms with Crippen molar-refractivity contribution in [2.24, 2.45) is 0 Å². The summed E-state index contributed by atoms with van der Waals surface area (Å²) in [6.07, 6.45) is 2.09. The van der Waals surface area contributed by atoms with Crippen LogP contribution in [-0.4, -0.2) is 79.4 Å². The van der Waals surface area contributed by atoms with E-state index < -0.39 is 15.9 Å². The number of rotatable bonds is 8. The Morgan fingerprint density at radius 2 is 2.00 bits per heavy atom. The molecule has 0 unspecified atom stereocenters. The normalized spacial score (nSPS) is 14.9. The number of aromatic nitrogens is 2. The Morgan fingerprint density at radius 1 is 1.26 bits per heavy atom. The third-order valence-electron chi connectivity index (χ3n) is 4.92. The number of fused-ring (bicyclic) bond motifs is 3. The van der Waals surface area contributed by atoms with Crippen molar-refractivity contribution in [3.8, 4) is 5.69 Å². The fourth-order valence-corrected chi connectivity index (χ4v) is 4.76. The molecule has 2 heterocycles. The highest BCUT2D eigenvalue weighted by Gasteiger charge is 2.36. The van der Waals surface area contributed by atoms with Crippen LogP contribution in [0.2, 0.25) is 0 Å². The van der Waals surface area contributed by atoms with E-state index in [2.05, 4.69) is 10.3 Å². The second-order valence-corrected chi connectivity index (χ2v) is 9.15. The maximum Gasteiger partial charge on any atom is 0.271 e. The lowest BCUT2D eigenvalue weighted by Crippen LogP contribution is -2.39. The van der Waals surface area contributed by atoms with E-state index in [1.54, 1.807) is 36.9 Å². The first-order valence-electron chi connectivity index (χ1n) is 9.99. The second-order valence-electron chi connectivity index (χ2n) is 7.25. The summed E-state index contributed by atoms with van der Waals surface area (Å²) in [4.78, 5) is 30.7. The number of nitrogens with zero attached hydrogens (tertiary/aromatic N) is 4. The predicted octanol–water partition coefficient (Wildman–Crippen LogP) is 0.621. The molecule has 1 aliphatic rings. The number of hydrogen-bond acceptors (Lipinski definition) is 6. The monoisotopic (exact) mass is 449 g/mol. The Kier molecular flexibility index (Phi) is 7.08. The van der Waals surface area contributed by atoms with Crippen LogP contribution in [0, 0.1) is 0 Å². The molecule has 1 N–H and O–H groups in total. The molecular formula is C20H27N5O5S. The third kappa shape index (κ3) is 4.78. The topological polar surface area (TPSA) is 114 Å². The van der Waals surface area contributed by atoms with E-state index in [1.165, 1.54) is 17.3 Å². The highest BCUT2D eigenvalue weighted by Crippen LogP contribution is 2.31. The first kappa shape index (κ1) is 22.9. The van der Waals surface area contributed by atoms with Gasteiger partial charge < -0.3 is 15.0 Å². The second kappa shape index (κ2) is 9.58. The van der Waals surface area contributed by atoms with Crippen molar-refractivity contribution in [3.63, 3.8) is 0 Å². The van der Waals surface area contributed by atoms with Gasteiger partial charge in [-0.3, -0.25) is 14.2 Å². The van der Waals surface area contributed by atoms with Crippen LogP contribution in [0.25, 0.3) is 5.69 Å². The summed E-state index contributed by atoms with van der Waals surface area (Å²) in [6, 6.07) is 6.47. The van der Waals surface area contributed by atoms with E-state index in [0.29, 0.717) is 37.6 Å². The quantitative estimate of drug-likeness (QED) is 0.591. The number of carbonyl (C=O) groups excluding carboxylic acids is 2. The lowest BCUT2D eigenvalue weighted by atomic mass is 10.2. The van der Waals surface area contributed by atoms with Gasteiger partial charge in [-0.25, -0.2) is 13.4 Å². The molecule has 0 fully saturated rings. The minimum Gasteiger partial charge on any atom is -0.382 e. The fourth-order valence-electron chi connectivity index (χ4n) is 3.22. The SMILES string of the molecule is CCOCCCNC(=O)c1ncn2c1CN(CC(=O)N(C)C)S(=O)(=O)c1ccccc1-2.